The van der Waals surface area contributed by atoms with Crippen molar-refractivity contribution in [3.63, 3.8) is 0 Å². The molecule has 2 N–H and O–H groups in total. The van der Waals surface area contributed by atoms with Crippen LogP contribution in [0.3, 0.4) is 0 Å². The third-order valence-electron chi connectivity index (χ3n) is 3.83. The highest BCUT2D eigenvalue weighted by Gasteiger charge is 2.22. The van der Waals surface area contributed by atoms with Gasteiger partial charge in [-0.25, -0.2) is 4.98 Å². The molecule has 0 aliphatic heterocycles. The second-order valence-corrected chi connectivity index (χ2v) is 6.72. The van der Waals surface area contributed by atoms with E-state index < -0.39 is 5.91 Å². The van der Waals surface area contributed by atoms with E-state index in [-0.39, 0.29) is 23.5 Å². The number of carbonyl (C=O) groups excluding carboxylic acids is 2. The summed E-state index contributed by atoms with van der Waals surface area (Å²) in [7, 11) is 0. The molecule has 0 spiro atoms. The Balaban J connectivity index is 2.01. The molecule has 0 fully saturated rings. The second-order valence-electron chi connectivity index (χ2n) is 6.28. The standard InChI is InChI=1S/C19H19ClN4O2/c1-11(2)21-18(25)16-15-6-4-5-9-24(15)17(23-16)19(26)22-14-10-13(20)8-7-12(14)3/h4-11H,1-3H3,(H,21,25)(H,22,26). The van der Waals surface area contributed by atoms with Crippen LogP contribution < -0.4 is 10.6 Å². The zero-order valence-electron chi connectivity index (χ0n) is 14.7. The van der Waals surface area contributed by atoms with E-state index in [1.807, 2.05) is 26.8 Å². The van der Waals surface area contributed by atoms with E-state index in [0.29, 0.717) is 16.2 Å². The molecule has 0 aliphatic rings. The predicted molar refractivity (Wildman–Crippen MR) is 102 cm³/mol. The fraction of sp³-hybridized carbons (Fsp3) is 0.211. The van der Waals surface area contributed by atoms with Gasteiger partial charge in [0.25, 0.3) is 11.8 Å². The van der Waals surface area contributed by atoms with Gasteiger partial charge in [0.1, 0.15) is 0 Å². The highest BCUT2D eigenvalue weighted by Crippen LogP contribution is 2.21. The van der Waals surface area contributed by atoms with E-state index in [2.05, 4.69) is 15.6 Å². The molecule has 0 saturated heterocycles. The molecule has 2 amide bonds. The maximum atomic E-state index is 12.8. The third-order valence-corrected chi connectivity index (χ3v) is 4.07. The van der Waals surface area contributed by atoms with E-state index in [1.54, 1.807) is 40.9 Å². The molecule has 1 aromatic carbocycles. The van der Waals surface area contributed by atoms with Crippen LogP contribution in [0.5, 0.6) is 0 Å². The van der Waals surface area contributed by atoms with Crippen molar-refractivity contribution in [1.29, 1.82) is 0 Å². The average molecular weight is 371 g/mol. The summed E-state index contributed by atoms with van der Waals surface area (Å²) in [4.78, 5) is 29.5. The van der Waals surface area contributed by atoms with E-state index in [9.17, 15) is 9.59 Å². The summed E-state index contributed by atoms with van der Waals surface area (Å²) >= 11 is 6.01. The molecule has 3 aromatic rings. The number of aromatic nitrogens is 2. The van der Waals surface area contributed by atoms with Crippen molar-refractivity contribution in [2.75, 3.05) is 5.32 Å². The lowest BCUT2D eigenvalue weighted by Gasteiger charge is -2.08. The molecule has 6 nitrogen and oxygen atoms in total. The van der Waals surface area contributed by atoms with E-state index in [1.165, 1.54) is 0 Å². The highest BCUT2D eigenvalue weighted by molar-refractivity contribution is 6.31. The van der Waals surface area contributed by atoms with Gasteiger partial charge < -0.3 is 10.6 Å². The van der Waals surface area contributed by atoms with E-state index in [0.717, 1.165) is 5.56 Å². The Labute approximate surface area is 156 Å². The largest absolute Gasteiger partial charge is 0.348 e. The van der Waals surface area contributed by atoms with Gasteiger partial charge in [0.15, 0.2) is 5.69 Å². The van der Waals surface area contributed by atoms with Gasteiger partial charge in [0.2, 0.25) is 5.82 Å². The highest BCUT2D eigenvalue weighted by atomic mass is 35.5. The van der Waals surface area contributed by atoms with Gasteiger partial charge in [0.05, 0.1) is 5.52 Å². The van der Waals surface area contributed by atoms with Crippen LogP contribution in [-0.4, -0.2) is 27.2 Å². The molecule has 26 heavy (non-hydrogen) atoms. The van der Waals surface area contributed by atoms with Crippen molar-refractivity contribution >= 4 is 34.6 Å². The SMILES string of the molecule is Cc1ccc(Cl)cc1NC(=O)c1nc(C(=O)NC(C)C)c2ccccn12. The number of anilines is 1. The molecule has 134 valence electrons. The lowest BCUT2D eigenvalue weighted by Crippen LogP contribution is -2.30. The van der Waals surface area contributed by atoms with Gasteiger partial charge in [-0.2, -0.15) is 0 Å². The zero-order valence-corrected chi connectivity index (χ0v) is 15.5. The number of nitrogens with one attached hydrogen (secondary N) is 2. The minimum Gasteiger partial charge on any atom is -0.348 e. The quantitative estimate of drug-likeness (QED) is 0.735. The topological polar surface area (TPSA) is 75.5 Å². The number of rotatable bonds is 4. The van der Waals surface area contributed by atoms with Crippen molar-refractivity contribution in [1.82, 2.24) is 14.7 Å². The van der Waals surface area contributed by atoms with Crippen LogP contribution in [-0.2, 0) is 0 Å². The Morgan fingerprint density at radius 1 is 1.15 bits per heavy atom. The van der Waals surface area contributed by atoms with Gasteiger partial charge in [-0.15, -0.1) is 0 Å². The number of hydrogen-bond donors (Lipinski definition) is 2. The van der Waals surface area contributed by atoms with Crippen LogP contribution in [0.1, 0.15) is 40.5 Å². The number of imidazole rings is 1. The van der Waals surface area contributed by atoms with Crippen LogP contribution >= 0.6 is 11.6 Å². The van der Waals surface area contributed by atoms with Crippen LogP contribution in [0.25, 0.3) is 5.52 Å². The molecule has 2 heterocycles. The number of aryl methyl sites for hydroxylation is 1. The fourth-order valence-electron chi connectivity index (χ4n) is 2.60. The van der Waals surface area contributed by atoms with Crippen LogP contribution in [0.2, 0.25) is 5.02 Å². The van der Waals surface area contributed by atoms with Crippen molar-refractivity contribution in [2.45, 2.75) is 26.8 Å². The van der Waals surface area contributed by atoms with Gasteiger partial charge in [-0.1, -0.05) is 23.7 Å². The summed E-state index contributed by atoms with van der Waals surface area (Å²) in [6, 6.07) is 10.6. The Morgan fingerprint density at radius 3 is 2.65 bits per heavy atom. The van der Waals surface area contributed by atoms with Gasteiger partial charge in [-0.05, 0) is 50.6 Å². The number of halogens is 1. The zero-order chi connectivity index (χ0) is 18.8. The van der Waals surface area contributed by atoms with Crippen LogP contribution in [0.15, 0.2) is 42.6 Å². The summed E-state index contributed by atoms with van der Waals surface area (Å²) in [5.41, 5.74) is 2.26. The molecule has 0 saturated carbocycles. The van der Waals surface area contributed by atoms with Gasteiger partial charge in [0, 0.05) is 22.9 Å². The van der Waals surface area contributed by atoms with Crippen molar-refractivity contribution in [2.24, 2.45) is 0 Å². The van der Waals surface area contributed by atoms with Gasteiger partial charge in [-0.3, -0.25) is 14.0 Å². The number of pyridine rings is 1. The first kappa shape index (κ1) is 17.9. The van der Waals surface area contributed by atoms with Gasteiger partial charge >= 0.3 is 0 Å². The normalized spacial score (nSPS) is 11.0. The Morgan fingerprint density at radius 2 is 1.92 bits per heavy atom. The molecule has 0 aliphatic carbocycles. The van der Waals surface area contributed by atoms with E-state index in [4.69, 9.17) is 11.6 Å². The molecule has 0 unspecified atom stereocenters. The molecule has 0 bridgehead atoms. The molecule has 0 atom stereocenters. The first-order valence-electron chi connectivity index (χ1n) is 8.22. The van der Waals surface area contributed by atoms with Crippen LogP contribution in [0, 0.1) is 6.92 Å². The second kappa shape index (κ2) is 7.17. The summed E-state index contributed by atoms with van der Waals surface area (Å²) in [5, 5.41) is 6.14. The lowest BCUT2D eigenvalue weighted by molar-refractivity contribution is 0.0940. The summed E-state index contributed by atoms with van der Waals surface area (Å²) < 4.78 is 1.60. The minimum absolute atomic E-state index is 0.0330. The number of fused-ring (bicyclic) bond motifs is 1. The van der Waals surface area contributed by atoms with Crippen LogP contribution in [0.4, 0.5) is 5.69 Å². The average Bonchev–Trinajstić information content (AvgIpc) is 2.97. The number of amides is 2. The number of hydrogen-bond acceptors (Lipinski definition) is 3. The Bertz CT molecular complexity index is 994. The number of benzene rings is 1. The molecule has 2 aromatic heterocycles. The molecule has 7 heteroatoms. The minimum atomic E-state index is -0.417. The summed E-state index contributed by atoms with van der Waals surface area (Å²) in [6.07, 6.45) is 1.70. The molecular weight excluding hydrogens is 352 g/mol. The number of nitrogens with zero attached hydrogens (tertiary/aromatic N) is 2. The molecule has 3 rings (SSSR count). The summed E-state index contributed by atoms with van der Waals surface area (Å²) in [6.45, 7) is 5.61. The lowest BCUT2D eigenvalue weighted by atomic mass is 10.2. The fourth-order valence-corrected chi connectivity index (χ4v) is 2.77. The van der Waals surface area contributed by atoms with Crippen molar-refractivity contribution in [3.05, 3.63) is 64.7 Å². The monoisotopic (exact) mass is 370 g/mol. The van der Waals surface area contributed by atoms with Crippen molar-refractivity contribution in [3.8, 4) is 0 Å². The first-order valence-corrected chi connectivity index (χ1v) is 8.60. The number of carbonyl (C=O) groups is 2. The molecule has 0 radical (unpaired) electrons. The van der Waals surface area contributed by atoms with E-state index >= 15 is 0 Å². The predicted octanol–water partition coefficient (Wildman–Crippen LogP) is 3.69. The maximum Gasteiger partial charge on any atom is 0.292 e. The Hall–Kier alpha value is -2.86. The maximum absolute atomic E-state index is 12.8. The summed E-state index contributed by atoms with van der Waals surface area (Å²) in [5.74, 6) is -0.601. The molecular formula is C19H19ClN4O2. The smallest absolute Gasteiger partial charge is 0.292 e. The van der Waals surface area contributed by atoms with Crippen molar-refractivity contribution < 1.29 is 9.59 Å². The third kappa shape index (κ3) is 3.55. The first-order chi connectivity index (χ1) is 12.4. The Kier molecular flexibility index (Phi) is 4.95.